The van der Waals surface area contributed by atoms with Gasteiger partial charge in [0.1, 0.15) is 5.82 Å². The first-order valence-corrected chi connectivity index (χ1v) is 6.45. The minimum absolute atomic E-state index is 0.180. The average Bonchev–Trinajstić information content (AvgIpc) is 2.77. The summed E-state index contributed by atoms with van der Waals surface area (Å²) in [6.07, 6.45) is 1.05. The molecule has 1 aliphatic heterocycles. The van der Waals surface area contributed by atoms with Crippen LogP contribution in [-0.4, -0.2) is 29.9 Å². The lowest BCUT2D eigenvalue weighted by atomic mass is 10.1. The molecule has 0 aromatic heterocycles. The molecule has 1 unspecified atom stereocenters. The first kappa shape index (κ1) is 13.3. The molecule has 1 aromatic carbocycles. The maximum atomic E-state index is 14.0. The summed E-state index contributed by atoms with van der Waals surface area (Å²) >= 11 is 0. The normalized spacial score (nSPS) is 21.3. The molecule has 4 heteroatoms. The zero-order valence-corrected chi connectivity index (χ0v) is 10.6. The van der Waals surface area contributed by atoms with Crippen LogP contribution in [0.1, 0.15) is 31.4 Å². The van der Waals surface area contributed by atoms with E-state index in [0.717, 1.165) is 25.9 Å². The van der Waals surface area contributed by atoms with E-state index in [-0.39, 0.29) is 12.4 Å². The lowest BCUT2D eigenvalue weighted by Crippen LogP contribution is -2.23. The highest BCUT2D eigenvalue weighted by Gasteiger charge is 2.26. The van der Waals surface area contributed by atoms with E-state index >= 15 is 0 Å². The fourth-order valence-corrected chi connectivity index (χ4v) is 2.66. The molecule has 0 amide bonds. The van der Waals surface area contributed by atoms with Gasteiger partial charge in [-0.2, -0.15) is 0 Å². The van der Waals surface area contributed by atoms with Crippen molar-refractivity contribution < 1.29 is 14.6 Å². The average molecular weight is 253 g/mol. The number of rotatable bonds is 4. The molecule has 18 heavy (non-hydrogen) atoms. The fourth-order valence-electron chi connectivity index (χ4n) is 2.66. The molecule has 2 rings (SSSR count). The van der Waals surface area contributed by atoms with Crippen molar-refractivity contribution >= 4 is 5.69 Å². The van der Waals surface area contributed by atoms with Gasteiger partial charge >= 0.3 is 0 Å². The number of hydrogen-bond acceptors (Lipinski definition) is 3. The Bertz CT molecular complexity index is 409. The molecule has 3 nitrogen and oxygen atoms in total. The van der Waals surface area contributed by atoms with Gasteiger partial charge < -0.3 is 15.1 Å². The summed E-state index contributed by atoms with van der Waals surface area (Å²) in [5.74, 6) is 0.134. The molecule has 1 fully saturated rings. The van der Waals surface area contributed by atoms with Crippen LogP contribution in [0.5, 0.6) is 0 Å². The minimum atomic E-state index is -0.674. The quantitative estimate of drug-likeness (QED) is 0.863. The van der Waals surface area contributed by atoms with Crippen LogP contribution in [0.2, 0.25) is 0 Å². The summed E-state index contributed by atoms with van der Waals surface area (Å²) in [5, 5.41) is 18.7. The summed E-state index contributed by atoms with van der Waals surface area (Å²) in [4.78, 5) is 1.98. The van der Waals surface area contributed by atoms with Crippen molar-refractivity contribution in [1.29, 1.82) is 0 Å². The number of aliphatic hydroxyl groups is 2. The van der Waals surface area contributed by atoms with E-state index in [1.807, 2.05) is 4.90 Å². The summed E-state index contributed by atoms with van der Waals surface area (Å²) in [6, 6.07) is 4.82. The Balaban J connectivity index is 2.23. The molecule has 0 bridgehead atoms. The number of nitrogens with zero attached hydrogens (tertiary/aromatic N) is 1. The Morgan fingerprint density at radius 2 is 2.28 bits per heavy atom. The van der Waals surface area contributed by atoms with Gasteiger partial charge in [0.15, 0.2) is 0 Å². The predicted octanol–water partition coefficient (Wildman–Crippen LogP) is 2.09. The van der Waals surface area contributed by atoms with Crippen LogP contribution in [-0.2, 0) is 0 Å². The van der Waals surface area contributed by atoms with Crippen molar-refractivity contribution in [3.8, 4) is 0 Å². The summed E-state index contributed by atoms with van der Waals surface area (Å²) < 4.78 is 14.0. The van der Waals surface area contributed by atoms with E-state index in [9.17, 15) is 9.50 Å². The van der Waals surface area contributed by atoms with E-state index in [1.165, 1.54) is 6.07 Å². The van der Waals surface area contributed by atoms with Gasteiger partial charge in [-0.25, -0.2) is 4.39 Å². The van der Waals surface area contributed by atoms with Crippen molar-refractivity contribution in [3.63, 3.8) is 0 Å². The Kier molecular flexibility index (Phi) is 4.19. The summed E-state index contributed by atoms with van der Waals surface area (Å²) in [5.41, 5.74) is 1.16. The number of benzene rings is 1. The van der Waals surface area contributed by atoms with Crippen molar-refractivity contribution in [2.24, 2.45) is 5.92 Å². The number of para-hydroxylation sites is 1. The molecule has 1 aromatic rings. The van der Waals surface area contributed by atoms with Crippen LogP contribution in [0.3, 0.4) is 0 Å². The smallest absolute Gasteiger partial charge is 0.146 e. The molecule has 1 aliphatic rings. The maximum Gasteiger partial charge on any atom is 0.146 e. The first-order valence-electron chi connectivity index (χ1n) is 6.45. The minimum Gasteiger partial charge on any atom is -0.396 e. The van der Waals surface area contributed by atoms with Crippen LogP contribution in [0.15, 0.2) is 18.2 Å². The monoisotopic (exact) mass is 253 g/mol. The molecule has 2 N–H and O–H groups in total. The van der Waals surface area contributed by atoms with Gasteiger partial charge in [-0.1, -0.05) is 12.1 Å². The second-order valence-electron chi connectivity index (χ2n) is 4.97. The van der Waals surface area contributed by atoms with Crippen LogP contribution < -0.4 is 4.90 Å². The highest BCUT2D eigenvalue weighted by Crippen LogP contribution is 2.33. The van der Waals surface area contributed by atoms with E-state index in [2.05, 4.69) is 0 Å². The number of aliphatic hydroxyl groups excluding tert-OH is 2. The summed E-state index contributed by atoms with van der Waals surface area (Å²) in [6.45, 7) is 3.37. The standard InChI is InChI=1S/C14H20FNO2/c1-10(18)12-3-2-4-13(15)14(12)16-7-5-11(9-16)6-8-17/h2-4,10-11,17-18H,5-9H2,1H3/t10-,11?/m0/s1. The summed E-state index contributed by atoms with van der Waals surface area (Å²) in [7, 11) is 0. The van der Waals surface area contributed by atoms with E-state index in [1.54, 1.807) is 19.1 Å². The Hall–Kier alpha value is -1.13. The number of halogens is 1. The zero-order chi connectivity index (χ0) is 13.1. The maximum absolute atomic E-state index is 14.0. The lowest BCUT2D eigenvalue weighted by molar-refractivity contribution is 0.199. The fraction of sp³-hybridized carbons (Fsp3) is 0.571. The van der Waals surface area contributed by atoms with Gasteiger partial charge in [-0.15, -0.1) is 0 Å². The first-order chi connectivity index (χ1) is 8.63. The van der Waals surface area contributed by atoms with Crippen LogP contribution in [0.4, 0.5) is 10.1 Å². The third-order valence-corrected chi connectivity index (χ3v) is 3.61. The third-order valence-electron chi connectivity index (χ3n) is 3.61. The molecular weight excluding hydrogens is 233 g/mol. The molecule has 0 aliphatic carbocycles. The zero-order valence-electron chi connectivity index (χ0n) is 10.6. The topological polar surface area (TPSA) is 43.7 Å². The van der Waals surface area contributed by atoms with Gasteiger partial charge in [0.05, 0.1) is 11.8 Å². The van der Waals surface area contributed by atoms with Gasteiger partial charge in [0, 0.05) is 25.3 Å². The van der Waals surface area contributed by atoms with Crippen molar-refractivity contribution in [3.05, 3.63) is 29.6 Å². The van der Waals surface area contributed by atoms with Crippen molar-refractivity contribution in [1.82, 2.24) is 0 Å². The molecule has 1 saturated heterocycles. The Morgan fingerprint density at radius 3 is 2.94 bits per heavy atom. The molecule has 0 saturated carbocycles. The Labute approximate surface area is 107 Å². The van der Waals surface area contributed by atoms with Gasteiger partial charge in [-0.05, 0) is 31.7 Å². The second-order valence-corrected chi connectivity index (χ2v) is 4.97. The molecular formula is C14H20FNO2. The van der Waals surface area contributed by atoms with Crippen LogP contribution in [0.25, 0.3) is 0 Å². The largest absolute Gasteiger partial charge is 0.396 e. The van der Waals surface area contributed by atoms with E-state index in [4.69, 9.17) is 5.11 Å². The third kappa shape index (κ3) is 2.65. The van der Waals surface area contributed by atoms with Gasteiger partial charge in [0.2, 0.25) is 0 Å². The highest BCUT2D eigenvalue weighted by molar-refractivity contribution is 5.56. The van der Waals surface area contributed by atoms with Gasteiger partial charge in [0.25, 0.3) is 0 Å². The SMILES string of the molecule is C[C@H](O)c1cccc(F)c1N1CCC(CCO)C1. The molecule has 0 spiro atoms. The second kappa shape index (κ2) is 5.67. The Morgan fingerprint density at radius 1 is 1.50 bits per heavy atom. The molecule has 1 heterocycles. The highest BCUT2D eigenvalue weighted by atomic mass is 19.1. The van der Waals surface area contributed by atoms with Crippen LogP contribution >= 0.6 is 0 Å². The molecule has 100 valence electrons. The van der Waals surface area contributed by atoms with Crippen LogP contribution in [0, 0.1) is 11.7 Å². The molecule has 0 radical (unpaired) electrons. The van der Waals surface area contributed by atoms with E-state index in [0.29, 0.717) is 17.2 Å². The van der Waals surface area contributed by atoms with Crippen molar-refractivity contribution in [2.45, 2.75) is 25.9 Å². The number of anilines is 1. The van der Waals surface area contributed by atoms with Crippen molar-refractivity contribution in [2.75, 3.05) is 24.6 Å². The number of hydrogen-bond donors (Lipinski definition) is 2. The lowest BCUT2D eigenvalue weighted by Gasteiger charge is -2.24. The van der Waals surface area contributed by atoms with Gasteiger partial charge in [-0.3, -0.25) is 0 Å². The van der Waals surface area contributed by atoms with E-state index < -0.39 is 6.10 Å². The molecule has 2 atom stereocenters. The predicted molar refractivity (Wildman–Crippen MR) is 69.1 cm³/mol.